The van der Waals surface area contributed by atoms with Gasteiger partial charge in [0.05, 0.1) is 0 Å². The van der Waals surface area contributed by atoms with Crippen molar-refractivity contribution < 1.29 is 0 Å². The largest absolute Gasteiger partial charge is 0.345 e. The molecule has 0 saturated carbocycles. The molecule has 0 aliphatic carbocycles. The van der Waals surface area contributed by atoms with Crippen molar-refractivity contribution >= 4 is 5.69 Å². The minimum absolute atomic E-state index is 0.0201. The summed E-state index contributed by atoms with van der Waals surface area (Å²) in [6.07, 6.45) is 2.24. The Morgan fingerprint density at radius 1 is 1.04 bits per heavy atom. The van der Waals surface area contributed by atoms with Crippen LogP contribution in [0.4, 0.5) is 5.69 Å². The second-order valence-corrected chi connectivity index (χ2v) is 6.15. The highest BCUT2D eigenvalue weighted by molar-refractivity contribution is 5.58. The smallest absolute Gasteiger partial charge is 0.163 e. The van der Waals surface area contributed by atoms with E-state index in [-0.39, 0.29) is 16.7 Å². The normalized spacial score (nSPS) is 16.5. The molecule has 1 saturated heterocycles. The quantitative estimate of drug-likeness (QED) is 0.868. The molecule has 0 bridgehead atoms. The van der Waals surface area contributed by atoms with Crippen molar-refractivity contribution in [2.24, 2.45) is 0 Å². The van der Waals surface area contributed by atoms with Gasteiger partial charge in [-0.25, -0.2) is 0 Å². The highest BCUT2D eigenvalue weighted by atomic mass is 15.1. The van der Waals surface area contributed by atoms with E-state index in [4.69, 9.17) is 15.8 Å². The number of likely N-dealkylation sites (tertiary alicyclic amines) is 1. The Morgan fingerprint density at radius 3 is 2.09 bits per heavy atom. The number of rotatable bonds is 3. The van der Waals surface area contributed by atoms with Crippen molar-refractivity contribution in [3.05, 3.63) is 41.1 Å². The van der Waals surface area contributed by atoms with Gasteiger partial charge in [0.1, 0.15) is 23.9 Å². The van der Waals surface area contributed by atoms with Gasteiger partial charge in [-0.15, -0.1) is 0 Å². The minimum atomic E-state index is -0.209. The zero-order valence-corrected chi connectivity index (χ0v) is 13.4. The Morgan fingerprint density at radius 2 is 1.61 bits per heavy atom. The number of allylic oxidation sites excluding steroid dienone is 2. The summed E-state index contributed by atoms with van der Waals surface area (Å²) in [6, 6.07) is 13.2. The molecular formula is C18H19N5. The monoisotopic (exact) mass is 305 g/mol. The maximum atomic E-state index is 9.07. The van der Waals surface area contributed by atoms with Gasteiger partial charge in [-0.2, -0.15) is 15.8 Å². The summed E-state index contributed by atoms with van der Waals surface area (Å²) < 4.78 is 0. The number of hydrogen-bond acceptors (Lipinski definition) is 5. The number of benzene rings is 1. The third kappa shape index (κ3) is 3.69. The highest BCUT2D eigenvalue weighted by Gasteiger charge is 2.30. The van der Waals surface area contributed by atoms with Gasteiger partial charge in [-0.05, 0) is 56.1 Å². The maximum absolute atomic E-state index is 9.07. The summed E-state index contributed by atoms with van der Waals surface area (Å²) in [7, 11) is 2.14. The molecule has 1 aromatic carbocycles. The molecule has 5 heteroatoms. The molecule has 0 unspecified atom stereocenters. The van der Waals surface area contributed by atoms with Crippen molar-refractivity contribution in [3.63, 3.8) is 0 Å². The van der Waals surface area contributed by atoms with Crippen LogP contribution in [-0.2, 0) is 5.41 Å². The lowest BCUT2D eigenvalue weighted by Gasteiger charge is -2.38. The van der Waals surface area contributed by atoms with Crippen LogP contribution in [0.5, 0.6) is 0 Å². The second-order valence-electron chi connectivity index (χ2n) is 6.15. The standard InChI is InChI=1S/C18H19N5/c1-18(7-9-23(2)10-8-18)15-3-5-16(6-4-15)22-17(13-21)14(11-19)12-20/h3-6,22H,7-10H2,1-2H3. The van der Waals surface area contributed by atoms with Gasteiger partial charge in [0, 0.05) is 5.69 Å². The average Bonchev–Trinajstić information content (AvgIpc) is 2.58. The molecule has 5 nitrogen and oxygen atoms in total. The SMILES string of the molecule is CN1CCC(C)(c2ccc(NC(C#N)=C(C#N)C#N)cc2)CC1. The summed E-state index contributed by atoms with van der Waals surface area (Å²) in [5.74, 6) is 0. The van der Waals surface area contributed by atoms with Crippen molar-refractivity contribution in [2.45, 2.75) is 25.2 Å². The molecule has 0 radical (unpaired) electrons. The topological polar surface area (TPSA) is 86.6 Å². The second kappa shape index (κ2) is 6.97. The van der Waals surface area contributed by atoms with E-state index in [1.807, 2.05) is 18.2 Å². The molecule has 1 N–H and O–H groups in total. The lowest BCUT2D eigenvalue weighted by atomic mass is 9.74. The van der Waals surface area contributed by atoms with E-state index >= 15 is 0 Å². The van der Waals surface area contributed by atoms with Crippen molar-refractivity contribution in [3.8, 4) is 18.2 Å². The Kier molecular flexibility index (Phi) is 5.02. The first-order valence-electron chi connectivity index (χ1n) is 7.53. The summed E-state index contributed by atoms with van der Waals surface area (Å²) in [6.45, 7) is 4.46. The Labute approximate surface area is 137 Å². The predicted octanol–water partition coefficient (Wildman–Crippen LogP) is 2.91. The molecule has 0 spiro atoms. The molecule has 0 amide bonds. The van der Waals surface area contributed by atoms with E-state index in [0.29, 0.717) is 5.69 Å². The van der Waals surface area contributed by atoms with E-state index < -0.39 is 0 Å². The molecule has 0 aromatic heterocycles. The van der Waals surface area contributed by atoms with E-state index in [0.717, 1.165) is 25.9 Å². The van der Waals surface area contributed by atoms with Crippen LogP contribution < -0.4 is 5.32 Å². The van der Waals surface area contributed by atoms with Gasteiger partial charge in [0.25, 0.3) is 0 Å². The van der Waals surface area contributed by atoms with Gasteiger partial charge in [0.15, 0.2) is 5.57 Å². The lowest BCUT2D eigenvalue weighted by molar-refractivity contribution is 0.200. The first-order chi connectivity index (χ1) is 11.0. The Hall–Kier alpha value is -2.81. The summed E-state index contributed by atoms with van der Waals surface area (Å²) in [5, 5.41) is 29.6. The summed E-state index contributed by atoms with van der Waals surface area (Å²) in [5.41, 5.74) is 1.92. The van der Waals surface area contributed by atoms with Crippen LogP contribution >= 0.6 is 0 Å². The van der Waals surface area contributed by atoms with Gasteiger partial charge < -0.3 is 10.2 Å². The number of nitrogens with zero attached hydrogens (tertiary/aromatic N) is 4. The highest BCUT2D eigenvalue weighted by Crippen LogP contribution is 2.35. The lowest BCUT2D eigenvalue weighted by Crippen LogP contribution is -2.38. The molecular weight excluding hydrogens is 286 g/mol. The number of piperidine rings is 1. The fraction of sp³-hybridized carbons (Fsp3) is 0.389. The number of hydrogen-bond donors (Lipinski definition) is 1. The molecule has 1 fully saturated rings. The van der Waals surface area contributed by atoms with Gasteiger partial charge in [-0.1, -0.05) is 19.1 Å². The molecule has 1 heterocycles. The van der Waals surface area contributed by atoms with Crippen LogP contribution in [0, 0.1) is 34.0 Å². The van der Waals surface area contributed by atoms with Crippen molar-refractivity contribution in [2.75, 3.05) is 25.5 Å². The molecule has 23 heavy (non-hydrogen) atoms. The van der Waals surface area contributed by atoms with E-state index in [2.05, 4.69) is 36.3 Å². The zero-order chi connectivity index (χ0) is 16.9. The first kappa shape index (κ1) is 16.6. The number of anilines is 1. The number of nitrogens with one attached hydrogen (secondary N) is 1. The van der Waals surface area contributed by atoms with Crippen LogP contribution in [0.25, 0.3) is 0 Å². The van der Waals surface area contributed by atoms with E-state index in [9.17, 15) is 0 Å². The van der Waals surface area contributed by atoms with Crippen LogP contribution in [0.15, 0.2) is 35.5 Å². The third-order valence-electron chi connectivity index (χ3n) is 4.53. The van der Waals surface area contributed by atoms with Crippen molar-refractivity contribution in [1.82, 2.24) is 4.90 Å². The summed E-state index contributed by atoms with van der Waals surface area (Å²) >= 11 is 0. The Bertz CT molecular complexity index is 701. The van der Waals surface area contributed by atoms with Crippen LogP contribution in [-0.4, -0.2) is 25.0 Å². The van der Waals surface area contributed by atoms with Gasteiger partial charge in [-0.3, -0.25) is 0 Å². The minimum Gasteiger partial charge on any atom is -0.345 e. The van der Waals surface area contributed by atoms with Gasteiger partial charge in [0.2, 0.25) is 0 Å². The average molecular weight is 305 g/mol. The number of nitriles is 3. The third-order valence-corrected chi connectivity index (χ3v) is 4.53. The van der Waals surface area contributed by atoms with Crippen LogP contribution in [0.2, 0.25) is 0 Å². The molecule has 0 atom stereocenters. The Balaban J connectivity index is 2.18. The predicted molar refractivity (Wildman–Crippen MR) is 88.0 cm³/mol. The molecule has 1 aliphatic rings. The molecule has 1 aromatic rings. The maximum Gasteiger partial charge on any atom is 0.163 e. The molecule has 116 valence electrons. The first-order valence-corrected chi connectivity index (χ1v) is 7.53. The van der Waals surface area contributed by atoms with E-state index in [1.165, 1.54) is 5.56 Å². The zero-order valence-electron chi connectivity index (χ0n) is 13.4. The molecule has 2 rings (SSSR count). The fourth-order valence-corrected chi connectivity index (χ4v) is 2.78. The van der Waals surface area contributed by atoms with Crippen LogP contribution in [0.3, 0.4) is 0 Å². The van der Waals surface area contributed by atoms with E-state index in [1.54, 1.807) is 12.1 Å². The van der Waals surface area contributed by atoms with Crippen molar-refractivity contribution in [1.29, 1.82) is 15.8 Å². The summed E-state index contributed by atoms with van der Waals surface area (Å²) in [4.78, 5) is 2.34. The van der Waals surface area contributed by atoms with Gasteiger partial charge >= 0.3 is 0 Å². The van der Waals surface area contributed by atoms with Crippen LogP contribution in [0.1, 0.15) is 25.3 Å². The fourth-order valence-electron chi connectivity index (χ4n) is 2.78. The molecule has 1 aliphatic heterocycles.